The number of thioether (sulfide) groups is 1. The van der Waals surface area contributed by atoms with Crippen molar-refractivity contribution in [3.63, 3.8) is 0 Å². The summed E-state index contributed by atoms with van der Waals surface area (Å²) in [6, 6.07) is 12.3. The lowest BCUT2D eigenvalue weighted by atomic mass is 10.2. The Hall–Kier alpha value is -2.69. The Kier molecular flexibility index (Phi) is 5.75. The minimum Gasteiger partial charge on any atom is -0.419 e. The molecule has 1 unspecified atom stereocenters. The van der Waals surface area contributed by atoms with E-state index < -0.39 is 0 Å². The van der Waals surface area contributed by atoms with E-state index in [-0.39, 0.29) is 5.25 Å². The molecular formula is C21H22N6O2S2. The third-order valence-electron chi connectivity index (χ3n) is 5.00. The fourth-order valence-electron chi connectivity index (χ4n) is 3.33. The molecular weight excluding hydrogens is 432 g/mol. The van der Waals surface area contributed by atoms with Crippen LogP contribution in [0.25, 0.3) is 16.5 Å². The first-order chi connectivity index (χ1) is 15.2. The molecule has 0 saturated carbocycles. The van der Waals surface area contributed by atoms with Crippen molar-refractivity contribution in [3.05, 3.63) is 53.2 Å². The zero-order chi connectivity index (χ0) is 21.2. The quantitative estimate of drug-likeness (QED) is 0.397. The smallest absolute Gasteiger partial charge is 0.257 e. The lowest BCUT2D eigenvalue weighted by molar-refractivity contribution is 0.122. The second-order valence-electron chi connectivity index (χ2n) is 7.24. The monoisotopic (exact) mass is 454 g/mol. The predicted molar refractivity (Wildman–Crippen MR) is 121 cm³/mol. The van der Waals surface area contributed by atoms with Crippen molar-refractivity contribution < 1.29 is 9.15 Å². The van der Waals surface area contributed by atoms with Crippen LogP contribution in [-0.4, -0.2) is 51.3 Å². The number of hydrogen-bond acceptors (Lipinski definition) is 9. The molecule has 1 atom stereocenters. The lowest BCUT2D eigenvalue weighted by Crippen LogP contribution is -2.37. The van der Waals surface area contributed by atoms with E-state index in [1.165, 1.54) is 5.56 Å². The number of rotatable bonds is 6. The molecule has 8 nitrogen and oxygen atoms in total. The summed E-state index contributed by atoms with van der Waals surface area (Å²) in [5.41, 5.74) is 2.23. The van der Waals surface area contributed by atoms with Crippen LogP contribution in [0.3, 0.4) is 0 Å². The van der Waals surface area contributed by atoms with Crippen LogP contribution >= 0.6 is 23.1 Å². The van der Waals surface area contributed by atoms with Gasteiger partial charge in [0.2, 0.25) is 11.8 Å². The summed E-state index contributed by atoms with van der Waals surface area (Å²) in [5.74, 6) is 1.94. The fraction of sp³-hybridized carbons (Fsp3) is 0.333. The number of nitrogens with zero attached hydrogens (tertiary/aromatic N) is 6. The maximum absolute atomic E-state index is 5.93. The Morgan fingerprint density at radius 1 is 1.03 bits per heavy atom. The highest BCUT2D eigenvalue weighted by Crippen LogP contribution is 2.37. The summed E-state index contributed by atoms with van der Waals surface area (Å²) in [5, 5.41) is 20.2. The number of thiophene rings is 1. The van der Waals surface area contributed by atoms with Crippen molar-refractivity contribution in [2.45, 2.75) is 24.3 Å². The van der Waals surface area contributed by atoms with E-state index in [9.17, 15) is 0 Å². The van der Waals surface area contributed by atoms with Crippen LogP contribution in [0.15, 0.2) is 51.4 Å². The van der Waals surface area contributed by atoms with Crippen molar-refractivity contribution >= 4 is 29.0 Å². The number of anilines is 1. The van der Waals surface area contributed by atoms with Gasteiger partial charge < -0.3 is 14.1 Å². The van der Waals surface area contributed by atoms with E-state index in [0.29, 0.717) is 25.0 Å². The summed E-state index contributed by atoms with van der Waals surface area (Å²) >= 11 is 3.14. The van der Waals surface area contributed by atoms with Crippen LogP contribution in [0.2, 0.25) is 0 Å². The first-order valence-electron chi connectivity index (χ1n) is 10.1. The van der Waals surface area contributed by atoms with Crippen molar-refractivity contribution in [3.8, 4) is 16.5 Å². The molecule has 0 radical (unpaired) electrons. The van der Waals surface area contributed by atoms with Crippen LogP contribution in [0.5, 0.6) is 0 Å². The maximum atomic E-state index is 5.93. The Labute approximate surface area is 188 Å². The first kappa shape index (κ1) is 20.2. The molecule has 1 saturated heterocycles. The van der Waals surface area contributed by atoms with Gasteiger partial charge in [-0.3, -0.25) is 4.57 Å². The molecule has 31 heavy (non-hydrogen) atoms. The van der Waals surface area contributed by atoms with Crippen molar-refractivity contribution in [2.75, 3.05) is 31.2 Å². The second-order valence-corrected chi connectivity index (χ2v) is 9.49. The van der Waals surface area contributed by atoms with Crippen LogP contribution in [0.1, 0.15) is 23.6 Å². The van der Waals surface area contributed by atoms with Crippen molar-refractivity contribution in [1.29, 1.82) is 0 Å². The number of aryl methyl sites for hydroxylation is 1. The van der Waals surface area contributed by atoms with Gasteiger partial charge in [-0.2, -0.15) is 0 Å². The third-order valence-corrected chi connectivity index (χ3v) is 6.89. The molecule has 1 aliphatic heterocycles. The predicted octanol–water partition coefficient (Wildman–Crippen LogP) is 4.38. The van der Waals surface area contributed by atoms with E-state index in [1.54, 1.807) is 23.1 Å². The van der Waals surface area contributed by atoms with Gasteiger partial charge in [0.15, 0.2) is 5.16 Å². The Balaban J connectivity index is 1.45. The second kappa shape index (κ2) is 8.81. The number of aromatic nitrogens is 5. The summed E-state index contributed by atoms with van der Waals surface area (Å²) < 4.78 is 13.5. The topological polar surface area (TPSA) is 82.1 Å². The molecule has 0 amide bonds. The van der Waals surface area contributed by atoms with E-state index in [2.05, 4.69) is 61.1 Å². The Bertz CT molecular complexity index is 1130. The van der Waals surface area contributed by atoms with Crippen LogP contribution < -0.4 is 4.90 Å². The molecule has 1 fully saturated rings. The maximum Gasteiger partial charge on any atom is 0.257 e. The minimum atomic E-state index is -0.0767. The summed E-state index contributed by atoms with van der Waals surface area (Å²) in [6.07, 6.45) is 0. The zero-order valence-corrected chi connectivity index (χ0v) is 18.9. The van der Waals surface area contributed by atoms with Gasteiger partial charge in [-0.25, -0.2) is 0 Å². The van der Waals surface area contributed by atoms with Crippen molar-refractivity contribution in [2.24, 2.45) is 0 Å². The third kappa shape index (κ3) is 4.23. The van der Waals surface area contributed by atoms with Gasteiger partial charge in [-0.05, 0) is 37.4 Å². The largest absolute Gasteiger partial charge is 0.419 e. The fourth-order valence-corrected chi connectivity index (χ4v) is 4.87. The summed E-state index contributed by atoms with van der Waals surface area (Å²) in [7, 11) is 0. The molecule has 4 heterocycles. The van der Waals surface area contributed by atoms with Crippen molar-refractivity contribution in [1.82, 2.24) is 25.0 Å². The number of hydrogen-bond donors (Lipinski definition) is 0. The highest BCUT2D eigenvalue weighted by Gasteiger charge is 2.25. The molecule has 10 heteroatoms. The highest BCUT2D eigenvalue weighted by atomic mass is 32.2. The van der Waals surface area contributed by atoms with Gasteiger partial charge in [-0.1, -0.05) is 35.5 Å². The van der Waals surface area contributed by atoms with Crippen LogP contribution in [-0.2, 0) is 4.74 Å². The standard InChI is InChI=1S/C21H22N6O2S2/c1-14-5-7-16(8-6-14)27-20(26-9-11-28-12-10-26)24-25-21(27)31-15(2)18-22-23-19(29-18)17-4-3-13-30-17/h3-8,13,15H,9-12H2,1-2H3. The molecule has 0 bridgehead atoms. The Morgan fingerprint density at radius 3 is 2.58 bits per heavy atom. The molecule has 0 spiro atoms. The van der Waals surface area contributed by atoms with E-state index in [4.69, 9.17) is 9.15 Å². The van der Waals surface area contributed by atoms with Gasteiger partial charge in [0, 0.05) is 13.1 Å². The molecule has 160 valence electrons. The van der Waals surface area contributed by atoms with E-state index in [1.807, 2.05) is 24.4 Å². The molecule has 0 N–H and O–H groups in total. The lowest BCUT2D eigenvalue weighted by Gasteiger charge is -2.28. The minimum absolute atomic E-state index is 0.0767. The van der Waals surface area contributed by atoms with Crippen LogP contribution in [0.4, 0.5) is 5.95 Å². The van der Waals surface area contributed by atoms with Crippen LogP contribution in [0, 0.1) is 6.92 Å². The summed E-state index contributed by atoms with van der Waals surface area (Å²) in [4.78, 5) is 3.18. The molecule has 1 aliphatic rings. The van der Waals surface area contributed by atoms with Gasteiger partial charge in [-0.15, -0.1) is 31.7 Å². The normalized spacial score (nSPS) is 15.4. The average Bonchev–Trinajstić information content (AvgIpc) is 3.55. The number of benzene rings is 1. The molecule has 5 rings (SSSR count). The average molecular weight is 455 g/mol. The summed E-state index contributed by atoms with van der Waals surface area (Å²) in [6.45, 7) is 7.08. The molecule has 3 aromatic heterocycles. The van der Waals surface area contributed by atoms with Gasteiger partial charge in [0.25, 0.3) is 5.89 Å². The van der Waals surface area contributed by atoms with Gasteiger partial charge >= 0.3 is 0 Å². The molecule has 0 aliphatic carbocycles. The SMILES string of the molecule is Cc1ccc(-n2c(SC(C)c3nnc(-c4cccs4)o3)nnc2N2CCOCC2)cc1. The first-order valence-corrected chi connectivity index (χ1v) is 11.8. The number of ether oxygens (including phenoxy) is 1. The highest BCUT2D eigenvalue weighted by molar-refractivity contribution is 7.99. The zero-order valence-electron chi connectivity index (χ0n) is 17.3. The molecule has 4 aromatic rings. The Morgan fingerprint density at radius 2 is 1.84 bits per heavy atom. The van der Waals surface area contributed by atoms with E-state index >= 15 is 0 Å². The number of morpholine rings is 1. The van der Waals surface area contributed by atoms with E-state index in [0.717, 1.165) is 34.8 Å². The van der Waals surface area contributed by atoms with Gasteiger partial charge in [0.05, 0.1) is 29.0 Å². The van der Waals surface area contributed by atoms with Gasteiger partial charge in [0.1, 0.15) is 0 Å². The molecule has 1 aromatic carbocycles.